The lowest BCUT2D eigenvalue weighted by Gasteiger charge is -2.14. The van der Waals surface area contributed by atoms with Gasteiger partial charge in [0.15, 0.2) is 11.6 Å². The van der Waals surface area contributed by atoms with Gasteiger partial charge in [-0.1, -0.05) is 15.9 Å². The zero-order valence-corrected chi connectivity index (χ0v) is 18.5. The molecule has 0 spiro atoms. The lowest BCUT2D eigenvalue weighted by molar-refractivity contribution is -0.121. The number of hydrogen-bond acceptors (Lipinski definition) is 7. The monoisotopic (exact) mass is 494 g/mol. The summed E-state index contributed by atoms with van der Waals surface area (Å²) in [6.07, 6.45) is 1.26. The predicted molar refractivity (Wildman–Crippen MR) is 118 cm³/mol. The Kier molecular flexibility index (Phi) is 7.18. The number of nitrogens with one attached hydrogen (secondary N) is 2. The molecule has 0 aliphatic carbocycles. The Bertz CT molecular complexity index is 1090. The van der Waals surface area contributed by atoms with E-state index in [1.54, 1.807) is 31.1 Å². The number of nitrogens with zero attached hydrogens (tertiary/aromatic N) is 3. The molecular formula is C20H21BrF2N6O2. The molecule has 0 bridgehead atoms. The van der Waals surface area contributed by atoms with Gasteiger partial charge < -0.3 is 26.0 Å². The van der Waals surface area contributed by atoms with Crippen LogP contribution in [0.2, 0.25) is 0 Å². The molecule has 0 unspecified atom stereocenters. The highest BCUT2D eigenvalue weighted by atomic mass is 79.9. The Hall–Kier alpha value is -3.05. The maximum atomic E-state index is 14.2. The number of amides is 1. The van der Waals surface area contributed by atoms with Crippen LogP contribution in [0.3, 0.4) is 0 Å². The summed E-state index contributed by atoms with van der Waals surface area (Å²) in [6.45, 7) is 0.799. The van der Waals surface area contributed by atoms with E-state index in [9.17, 15) is 13.6 Å². The van der Waals surface area contributed by atoms with Gasteiger partial charge in [-0.25, -0.2) is 18.7 Å². The fraction of sp³-hybridized carbons (Fsp3) is 0.250. The first-order valence-corrected chi connectivity index (χ1v) is 10.0. The van der Waals surface area contributed by atoms with Crippen LogP contribution in [-0.2, 0) is 4.79 Å². The number of ether oxygens (including phenoxy) is 1. The van der Waals surface area contributed by atoms with Gasteiger partial charge in [0.05, 0.1) is 24.3 Å². The van der Waals surface area contributed by atoms with Crippen molar-refractivity contribution in [3.8, 4) is 5.75 Å². The average Bonchev–Trinajstić information content (AvgIpc) is 2.68. The fourth-order valence-electron chi connectivity index (χ4n) is 2.80. The zero-order valence-electron chi connectivity index (χ0n) is 16.9. The van der Waals surface area contributed by atoms with E-state index in [1.165, 1.54) is 6.33 Å². The first-order valence-electron chi connectivity index (χ1n) is 9.24. The number of hydrogen-bond donors (Lipinski definition) is 3. The molecule has 3 rings (SSSR count). The number of nitrogen functional groups attached to an aromatic ring is 1. The standard InChI is InChI=1S/C20H21BrF2N6O2/c1-29(2)9-18(30)25-3-4-31-17-8-16-12(7-15(17)24)20(27-10-26-16)28-19-13(22)5-11(21)6-14(19)23/h5-8,10H,3-4,9,24H2,1-2H3,(H,25,30)(H,26,27,28). The van der Waals surface area contributed by atoms with Crippen LogP contribution >= 0.6 is 15.9 Å². The number of halogens is 3. The van der Waals surface area contributed by atoms with E-state index in [0.717, 1.165) is 12.1 Å². The van der Waals surface area contributed by atoms with Crippen LogP contribution in [0.15, 0.2) is 35.1 Å². The molecule has 8 nitrogen and oxygen atoms in total. The topological polar surface area (TPSA) is 105 Å². The predicted octanol–water partition coefficient (Wildman–Crippen LogP) is 3.05. The van der Waals surface area contributed by atoms with Crippen molar-refractivity contribution in [2.45, 2.75) is 0 Å². The zero-order chi connectivity index (χ0) is 22.5. The van der Waals surface area contributed by atoms with Gasteiger partial charge in [0.1, 0.15) is 30.2 Å². The third kappa shape index (κ3) is 5.76. The number of nitrogens with two attached hydrogens (primary N) is 1. The van der Waals surface area contributed by atoms with Crippen LogP contribution in [0, 0.1) is 11.6 Å². The number of carbonyl (C=O) groups is 1. The van der Waals surface area contributed by atoms with Crippen molar-refractivity contribution in [2.24, 2.45) is 0 Å². The number of rotatable bonds is 8. The fourth-order valence-corrected chi connectivity index (χ4v) is 3.20. The van der Waals surface area contributed by atoms with E-state index in [1.807, 2.05) is 0 Å². The quantitative estimate of drug-likeness (QED) is 0.326. The lowest BCUT2D eigenvalue weighted by Crippen LogP contribution is -2.35. The van der Waals surface area contributed by atoms with Crippen LogP contribution in [0.25, 0.3) is 10.9 Å². The molecular weight excluding hydrogens is 474 g/mol. The van der Waals surface area contributed by atoms with Crippen molar-refractivity contribution < 1.29 is 18.3 Å². The maximum Gasteiger partial charge on any atom is 0.234 e. The van der Waals surface area contributed by atoms with Crippen molar-refractivity contribution in [3.05, 3.63) is 46.7 Å². The van der Waals surface area contributed by atoms with E-state index >= 15 is 0 Å². The summed E-state index contributed by atoms with van der Waals surface area (Å²) in [5.74, 6) is -1.10. The molecule has 1 heterocycles. The van der Waals surface area contributed by atoms with Gasteiger partial charge in [0.25, 0.3) is 0 Å². The van der Waals surface area contributed by atoms with E-state index in [-0.39, 0.29) is 35.0 Å². The average molecular weight is 495 g/mol. The number of likely N-dealkylation sites (N-methyl/N-ethyl adjacent to an activating group) is 1. The molecule has 1 amide bonds. The highest BCUT2D eigenvalue weighted by Crippen LogP contribution is 2.33. The van der Waals surface area contributed by atoms with Gasteiger partial charge in [-0.15, -0.1) is 0 Å². The second-order valence-electron chi connectivity index (χ2n) is 6.94. The number of aromatic nitrogens is 2. The Labute approximate surface area is 185 Å². The molecule has 0 saturated carbocycles. The largest absolute Gasteiger partial charge is 0.490 e. The molecule has 0 saturated heterocycles. The third-order valence-electron chi connectivity index (χ3n) is 4.16. The van der Waals surface area contributed by atoms with Gasteiger partial charge in [-0.05, 0) is 32.3 Å². The van der Waals surface area contributed by atoms with Crippen molar-refractivity contribution in [1.82, 2.24) is 20.2 Å². The second kappa shape index (κ2) is 9.84. The van der Waals surface area contributed by atoms with Gasteiger partial charge in [-0.3, -0.25) is 4.79 Å². The highest BCUT2D eigenvalue weighted by Gasteiger charge is 2.15. The van der Waals surface area contributed by atoms with E-state index < -0.39 is 11.6 Å². The maximum absolute atomic E-state index is 14.2. The molecule has 4 N–H and O–H groups in total. The number of carbonyl (C=O) groups excluding carboxylic acids is 1. The van der Waals surface area contributed by atoms with E-state index in [2.05, 4.69) is 36.5 Å². The van der Waals surface area contributed by atoms with Crippen molar-refractivity contribution in [1.29, 1.82) is 0 Å². The molecule has 0 atom stereocenters. The second-order valence-corrected chi connectivity index (χ2v) is 7.85. The molecule has 0 radical (unpaired) electrons. The minimum Gasteiger partial charge on any atom is -0.490 e. The molecule has 0 aliphatic heterocycles. The Balaban J connectivity index is 1.76. The Morgan fingerprint density at radius 3 is 2.58 bits per heavy atom. The van der Waals surface area contributed by atoms with Crippen LogP contribution in [0.1, 0.15) is 0 Å². The van der Waals surface area contributed by atoms with Crippen molar-refractivity contribution in [2.75, 3.05) is 44.8 Å². The van der Waals surface area contributed by atoms with Gasteiger partial charge in [0, 0.05) is 15.9 Å². The molecule has 1 aromatic heterocycles. The van der Waals surface area contributed by atoms with Gasteiger partial charge in [0.2, 0.25) is 5.91 Å². The molecule has 164 valence electrons. The highest BCUT2D eigenvalue weighted by molar-refractivity contribution is 9.10. The Morgan fingerprint density at radius 1 is 1.19 bits per heavy atom. The summed E-state index contributed by atoms with van der Waals surface area (Å²) in [5.41, 5.74) is 6.50. The molecule has 3 aromatic rings. The summed E-state index contributed by atoms with van der Waals surface area (Å²) in [5, 5.41) is 5.87. The minimum absolute atomic E-state index is 0.115. The summed E-state index contributed by atoms with van der Waals surface area (Å²) >= 11 is 3.04. The Morgan fingerprint density at radius 2 is 1.90 bits per heavy atom. The minimum atomic E-state index is -0.775. The summed E-state index contributed by atoms with van der Waals surface area (Å²) < 4.78 is 34.3. The normalized spacial score (nSPS) is 11.0. The SMILES string of the molecule is CN(C)CC(=O)NCCOc1cc2ncnc(Nc3c(F)cc(Br)cc3F)c2cc1N. The molecule has 0 aliphatic rings. The van der Waals surface area contributed by atoms with Crippen molar-refractivity contribution >= 4 is 49.9 Å². The van der Waals surface area contributed by atoms with Crippen LogP contribution in [0.5, 0.6) is 5.75 Å². The van der Waals surface area contributed by atoms with Gasteiger partial charge >= 0.3 is 0 Å². The molecule has 2 aromatic carbocycles. The lowest BCUT2D eigenvalue weighted by atomic mass is 10.2. The summed E-state index contributed by atoms with van der Waals surface area (Å²) in [7, 11) is 3.60. The van der Waals surface area contributed by atoms with Gasteiger partial charge in [-0.2, -0.15) is 0 Å². The number of anilines is 3. The third-order valence-corrected chi connectivity index (χ3v) is 4.62. The smallest absolute Gasteiger partial charge is 0.234 e. The number of fused-ring (bicyclic) bond motifs is 1. The van der Waals surface area contributed by atoms with Crippen LogP contribution in [0.4, 0.5) is 26.0 Å². The van der Waals surface area contributed by atoms with E-state index in [4.69, 9.17) is 10.5 Å². The first kappa shape index (κ1) is 22.6. The van der Waals surface area contributed by atoms with Crippen LogP contribution in [-0.4, -0.2) is 54.6 Å². The molecule has 0 fully saturated rings. The van der Waals surface area contributed by atoms with Crippen LogP contribution < -0.4 is 21.1 Å². The summed E-state index contributed by atoms with van der Waals surface area (Å²) in [4.78, 5) is 21.7. The number of benzene rings is 2. The van der Waals surface area contributed by atoms with Crippen molar-refractivity contribution in [3.63, 3.8) is 0 Å². The summed E-state index contributed by atoms with van der Waals surface area (Å²) in [6, 6.07) is 5.46. The molecule has 11 heteroatoms. The first-order chi connectivity index (χ1) is 14.7. The van der Waals surface area contributed by atoms with E-state index in [0.29, 0.717) is 28.9 Å². The molecule has 31 heavy (non-hydrogen) atoms.